The van der Waals surface area contributed by atoms with E-state index in [9.17, 15) is 4.79 Å². The first kappa shape index (κ1) is 19.1. The van der Waals surface area contributed by atoms with E-state index in [0.29, 0.717) is 0 Å². The lowest BCUT2D eigenvalue weighted by Gasteiger charge is -2.61. The average molecular weight is 364 g/mol. The summed E-state index contributed by atoms with van der Waals surface area (Å²) in [5, 5.41) is 7.77. The third-order valence-corrected chi connectivity index (χ3v) is 6.72. The van der Waals surface area contributed by atoms with Crippen molar-refractivity contribution in [1.82, 2.24) is 25.0 Å². The topological polar surface area (TPSA) is 72.3 Å². The lowest BCUT2D eigenvalue weighted by Crippen LogP contribution is -2.69. The van der Waals surface area contributed by atoms with Crippen LogP contribution in [-0.2, 0) is 11.3 Å². The highest BCUT2D eigenvalue weighted by Gasteiger charge is 2.60. The summed E-state index contributed by atoms with van der Waals surface area (Å²) in [5.41, 5.74) is -0.283. The van der Waals surface area contributed by atoms with Gasteiger partial charge in [0.2, 0.25) is 0 Å². The number of ether oxygens (including phenoxy) is 1. The summed E-state index contributed by atoms with van der Waals surface area (Å²) < 4.78 is 7.65. The van der Waals surface area contributed by atoms with Crippen LogP contribution in [0.25, 0.3) is 0 Å². The summed E-state index contributed by atoms with van der Waals surface area (Å²) >= 11 is 0. The molecule has 0 saturated heterocycles. The minimum atomic E-state index is -0.191. The first-order valence-electron chi connectivity index (χ1n) is 9.64. The van der Waals surface area contributed by atoms with E-state index in [2.05, 4.69) is 50.0 Å². The second kappa shape index (κ2) is 6.51. The molecule has 1 N–H and O–H groups in total. The summed E-state index contributed by atoms with van der Waals surface area (Å²) in [6.07, 6.45) is 2.75. The van der Waals surface area contributed by atoms with E-state index in [0.717, 1.165) is 37.5 Å². The van der Waals surface area contributed by atoms with Gasteiger partial charge in [-0.15, -0.1) is 0 Å². The number of methoxy groups -OCH3 is 1. The zero-order valence-electron chi connectivity index (χ0n) is 17.2. The van der Waals surface area contributed by atoms with Gasteiger partial charge < -0.3 is 15.0 Å². The van der Waals surface area contributed by atoms with Gasteiger partial charge in [0, 0.05) is 38.1 Å². The molecule has 0 bridgehead atoms. The number of urea groups is 1. The number of hydrogen-bond donors (Lipinski definition) is 1. The second-order valence-corrected chi connectivity index (χ2v) is 8.84. The Morgan fingerprint density at radius 2 is 2.08 bits per heavy atom. The summed E-state index contributed by atoms with van der Waals surface area (Å²) in [7, 11) is 3.63. The van der Waals surface area contributed by atoms with Gasteiger partial charge >= 0.3 is 6.03 Å². The third kappa shape index (κ3) is 2.90. The van der Waals surface area contributed by atoms with Crippen molar-refractivity contribution in [1.29, 1.82) is 0 Å². The lowest BCUT2D eigenvalue weighted by atomic mass is 9.55. The number of fused-ring (bicyclic) bond motifs is 1. The molecule has 7 heteroatoms. The first-order chi connectivity index (χ1) is 12.1. The van der Waals surface area contributed by atoms with Crippen LogP contribution in [0, 0.1) is 5.41 Å². The Morgan fingerprint density at radius 3 is 2.65 bits per heavy atom. The molecule has 2 aliphatic rings. The zero-order valence-corrected chi connectivity index (χ0v) is 17.2. The molecule has 1 fully saturated rings. The molecule has 0 radical (unpaired) electrons. The maximum absolute atomic E-state index is 12.9. The van der Waals surface area contributed by atoms with Crippen molar-refractivity contribution < 1.29 is 9.53 Å². The van der Waals surface area contributed by atoms with Crippen LogP contribution in [0.3, 0.4) is 0 Å². The Balaban J connectivity index is 1.70. The number of carbonyl (C=O) groups excluding carboxylic acids is 1. The summed E-state index contributed by atoms with van der Waals surface area (Å²) in [5.74, 6) is 2.02. The quantitative estimate of drug-likeness (QED) is 0.892. The molecular weight excluding hydrogens is 330 g/mol. The average Bonchev–Trinajstić information content (AvgIpc) is 3.04. The Kier molecular flexibility index (Phi) is 4.80. The largest absolute Gasteiger partial charge is 0.378 e. The number of nitrogens with one attached hydrogen (secondary N) is 1. The molecule has 1 aliphatic heterocycles. The van der Waals surface area contributed by atoms with Crippen molar-refractivity contribution in [2.24, 2.45) is 5.41 Å². The van der Waals surface area contributed by atoms with Crippen molar-refractivity contribution in [3.63, 3.8) is 0 Å². The molecule has 1 aliphatic carbocycles. The van der Waals surface area contributed by atoms with E-state index in [-0.39, 0.29) is 35.0 Å². The smallest absolute Gasteiger partial charge is 0.318 e. The minimum absolute atomic E-state index is 0.0474. The molecule has 0 spiro atoms. The zero-order chi connectivity index (χ0) is 19.3. The van der Waals surface area contributed by atoms with E-state index in [4.69, 9.17) is 4.74 Å². The number of aromatic nitrogens is 3. The number of nitrogens with zero attached hydrogens (tertiary/aromatic N) is 4. The first-order valence-corrected chi connectivity index (χ1v) is 9.64. The van der Waals surface area contributed by atoms with Gasteiger partial charge in [0.1, 0.15) is 5.82 Å². The summed E-state index contributed by atoms with van der Waals surface area (Å²) in [6, 6.07) is 0.0320. The molecule has 1 aromatic heterocycles. The van der Waals surface area contributed by atoms with Crippen LogP contribution in [0.4, 0.5) is 4.79 Å². The standard InChI is InChI=1S/C19H33N5O2/c1-12(2)15-21-16-13(9-8-10-24(16)22-15)20-17(25)23(6)14-11-19(5,26-7)18(14,3)4/h12-14H,8-11H2,1-7H3,(H,20,25)/t13-,14+,19+/m0/s1. The highest BCUT2D eigenvalue weighted by molar-refractivity contribution is 5.75. The Bertz CT molecular complexity index is 683. The van der Waals surface area contributed by atoms with Crippen molar-refractivity contribution in [3.8, 4) is 0 Å². The maximum atomic E-state index is 12.9. The van der Waals surface area contributed by atoms with E-state index in [1.165, 1.54) is 0 Å². The fraction of sp³-hybridized carbons (Fsp3) is 0.842. The number of amides is 2. The van der Waals surface area contributed by atoms with Crippen molar-refractivity contribution in [2.75, 3.05) is 14.2 Å². The van der Waals surface area contributed by atoms with Crippen molar-refractivity contribution in [2.45, 2.75) is 84.0 Å². The number of aryl methyl sites for hydroxylation is 1. The maximum Gasteiger partial charge on any atom is 0.318 e. The van der Waals surface area contributed by atoms with Crippen LogP contribution < -0.4 is 5.32 Å². The second-order valence-electron chi connectivity index (χ2n) is 8.84. The van der Waals surface area contributed by atoms with Gasteiger partial charge in [0.15, 0.2) is 5.82 Å². The van der Waals surface area contributed by atoms with Gasteiger partial charge in [0.25, 0.3) is 0 Å². The third-order valence-electron chi connectivity index (χ3n) is 6.72. The molecule has 0 aromatic carbocycles. The van der Waals surface area contributed by atoms with Crippen molar-refractivity contribution >= 4 is 6.03 Å². The molecule has 3 rings (SSSR count). The minimum Gasteiger partial charge on any atom is -0.378 e. The Hall–Kier alpha value is -1.63. The van der Waals surface area contributed by atoms with Crippen LogP contribution in [0.2, 0.25) is 0 Å². The molecule has 1 saturated carbocycles. The Morgan fingerprint density at radius 1 is 1.38 bits per heavy atom. The van der Waals surface area contributed by atoms with E-state index in [1.54, 1.807) is 7.11 Å². The van der Waals surface area contributed by atoms with E-state index in [1.807, 2.05) is 16.6 Å². The van der Waals surface area contributed by atoms with E-state index >= 15 is 0 Å². The predicted molar refractivity (Wildman–Crippen MR) is 100.0 cm³/mol. The van der Waals surface area contributed by atoms with Gasteiger partial charge in [-0.2, -0.15) is 5.10 Å². The Labute approximate surface area is 156 Å². The van der Waals surface area contributed by atoms with Gasteiger partial charge in [0.05, 0.1) is 11.6 Å². The van der Waals surface area contributed by atoms with Gasteiger partial charge in [-0.05, 0) is 26.2 Å². The summed E-state index contributed by atoms with van der Waals surface area (Å²) in [6.45, 7) is 11.5. The molecule has 0 unspecified atom stereocenters. The summed E-state index contributed by atoms with van der Waals surface area (Å²) in [4.78, 5) is 19.4. The van der Waals surface area contributed by atoms with Crippen LogP contribution in [-0.4, -0.2) is 51.5 Å². The molecule has 2 amide bonds. The normalized spacial score (nSPS) is 29.8. The fourth-order valence-corrected chi connectivity index (χ4v) is 4.22. The molecule has 2 heterocycles. The highest BCUT2D eigenvalue weighted by atomic mass is 16.5. The van der Waals surface area contributed by atoms with Crippen LogP contribution in [0.1, 0.15) is 77.5 Å². The highest BCUT2D eigenvalue weighted by Crippen LogP contribution is 2.53. The SMILES string of the molecule is CO[C@]1(C)C[C@@H](N(C)C(=O)N[C@H]2CCCn3nc(C(C)C)nc32)C1(C)C. The molecule has 1 aromatic rings. The molecule has 146 valence electrons. The monoisotopic (exact) mass is 363 g/mol. The van der Waals surface area contributed by atoms with Gasteiger partial charge in [-0.1, -0.05) is 27.7 Å². The molecule has 26 heavy (non-hydrogen) atoms. The van der Waals surface area contributed by atoms with Crippen molar-refractivity contribution in [3.05, 3.63) is 11.6 Å². The van der Waals surface area contributed by atoms with Gasteiger partial charge in [-0.3, -0.25) is 0 Å². The number of rotatable bonds is 4. The lowest BCUT2D eigenvalue weighted by molar-refractivity contribution is -0.198. The number of carbonyl (C=O) groups is 1. The molecule has 3 atom stereocenters. The van der Waals surface area contributed by atoms with Crippen LogP contribution >= 0.6 is 0 Å². The van der Waals surface area contributed by atoms with Crippen LogP contribution in [0.5, 0.6) is 0 Å². The predicted octanol–water partition coefficient (Wildman–Crippen LogP) is 3.08. The fourth-order valence-electron chi connectivity index (χ4n) is 4.22. The van der Waals surface area contributed by atoms with E-state index < -0.39 is 0 Å². The van der Waals surface area contributed by atoms with Gasteiger partial charge in [-0.25, -0.2) is 14.5 Å². The number of hydrogen-bond acceptors (Lipinski definition) is 4. The van der Waals surface area contributed by atoms with Crippen LogP contribution in [0.15, 0.2) is 0 Å². The molecule has 7 nitrogen and oxygen atoms in total. The molecular formula is C19H33N5O2.